The van der Waals surface area contributed by atoms with Gasteiger partial charge in [0.1, 0.15) is 0 Å². The van der Waals surface area contributed by atoms with Crippen LogP contribution in [0.5, 0.6) is 0 Å². The summed E-state index contributed by atoms with van der Waals surface area (Å²) in [6.45, 7) is 12.5. The molecule has 0 aliphatic rings. The third kappa shape index (κ3) is 6.55. The zero-order chi connectivity index (χ0) is 18.5. The van der Waals surface area contributed by atoms with Crippen LogP contribution in [0.15, 0.2) is 9.52 Å². The highest BCUT2D eigenvalue weighted by molar-refractivity contribution is 5.86. The van der Waals surface area contributed by atoms with Crippen molar-refractivity contribution >= 4 is 11.9 Å². The molecule has 0 saturated heterocycles. The predicted octanol–water partition coefficient (Wildman–Crippen LogP) is 1.29. The van der Waals surface area contributed by atoms with Crippen molar-refractivity contribution in [2.75, 3.05) is 20.6 Å². The van der Waals surface area contributed by atoms with Crippen molar-refractivity contribution < 1.29 is 9.32 Å². The predicted molar refractivity (Wildman–Crippen MR) is 93.7 cm³/mol. The van der Waals surface area contributed by atoms with Crippen LogP contribution in [0.1, 0.15) is 53.3 Å². The molecule has 0 unspecified atom stereocenters. The second-order valence-electron chi connectivity index (χ2n) is 7.82. The van der Waals surface area contributed by atoms with Gasteiger partial charge in [0.2, 0.25) is 11.8 Å². The van der Waals surface area contributed by atoms with Crippen molar-refractivity contribution in [2.45, 2.75) is 59.0 Å². The number of carbonyl (C=O) groups excluding carboxylic acids is 1. The topological polar surface area (TPSA) is 95.7 Å². The summed E-state index contributed by atoms with van der Waals surface area (Å²) in [7, 11) is 3.46. The largest absolute Gasteiger partial charge is 0.350 e. The fourth-order valence-corrected chi connectivity index (χ4v) is 1.92. The standard InChI is InChI=1S/C16H30N6O2/c1-15(2,3)13-19-11(21-24-13)9-18-14(17-7)22(8)10-12(23)20-16(4,5)6/h9-10H2,1-8H3,(H,17,18)(H,20,23). The molecule has 2 N–H and O–H groups in total. The number of nitrogens with one attached hydrogen (secondary N) is 2. The highest BCUT2D eigenvalue weighted by atomic mass is 16.5. The third-order valence-corrected chi connectivity index (χ3v) is 2.98. The van der Waals surface area contributed by atoms with Crippen LogP contribution >= 0.6 is 0 Å². The average Bonchev–Trinajstić information content (AvgIpc) is 2.85. The minimum Gasteiger partial charge on any atom is -0.350 e. The van der Waals surface area contributed by atoms with Crippen LogP contribution in [0.2, 0.25) is 0 Å². The summed E-state index contributed by atoms with van der Waals surface area (Å²) >= 11 is 0. The van der Waals surface area contributed by atoms with Crippen LogP contribution in [0.4, 0.5) is 0 Å². The van der Waals surface area contributed by atoms with Crippen molar-refractivity contribution in [1.29, 1.82) is 0 Å². The molecule has 0 aromatic carbocycles. The number of nitrogens with zero attached hydrogens (tertiary/aromatic N) is 4. The van der Waals surface area contributed by atoms with Gasteiger partial charge in [-0.25, -0.2) is 0 Å². The molecule has 0 aliphatic carbocycles. The Labute approximate surface area is 144 Å². The monoisotopic (exact) mass is 338 g/mol. The molecule has 0 spiro atoms. The molecule has 0 atom stereocenters. The number of amides is 1. The van der Waals surface area contributed by atoms with Crippen LogP contribution < -0.4 is 10.6 Å². The van der Waals surface area contributed by atoms with Gasteiger partial charge in [-0.05, 0) is 20.8 Å². The number of carbonyl (C=O) groups is 1. The molecule has 0 fully saturated rings. The quantitative estimate of drug-likeness (QED) is 0.634. The fourth-order valence-electron chi connectivity index (χ4n) is 1.92. The number of guanidine groups is 1. The van der Waals surface area contributed by atoms with Crippen molar-refractivity contribution in [3.05, 3.63) is 11.7 Å². The molecule has 1 aromatic heterocycles. The van der Waals surface area contributed by atoms with Crippen molar-refractivity contribution in [2.24, 2.45) is 4.99 Å². The van der Waals surface area contributed by atoms with Crippen LogP contribution in [0.25, 0.3) is 0 Å². The number of rotatable bonds is 4. The summed E-state index contributed by atoms with van der Waals surface area (Å²) in [5, 5.41) is 10.0. The Bertz CT molecular complexity index is 580. The second-order valence-corrected chi connectivity index (χ2v) is 7.82. The molecular formula is C16H30N6O2. The summed E-state index contributed by atoms with van der Waals surface area (Å²) in [6.07, 6.45) is 0. The summed E-state index contributed by atoms with van der Waals surface area (Å²) in [5.41, 5.74) is -0.447. The van der Waals surface area contributed by atoms with Gasteiger partial charge < -0.3 is 20.1 Å². The maximum absolute atomic E-state index is 12.0. The van der Waals surface area contributed by atoms with Crippen molar-refractivity contribution in [1.82, 2.24) is 25.7 Å². The van der Waals surface area contributed by atoms with Gasteiger partial charge in [-0.15, -0.1) is 0 Å². The van der Waals surface area contributed by atoms with E-state index < -0.39 is 0 Å². The van der Waals surface area contributed by atoms with Gasteiger partial charge >= 0.3 is 0 Å². The van der Waals surface area contributed by atoms with E-state index in [2.05, 4.69) is 25.8 Å². The van der Waals surface area contributed by atoms with E-state index in [1.807, 2.05) is 41.5 Å². The number of hydrogen-bond acceptors (Lipinski definition) is 5. The van der Waals surface area contributed by atoms with Crippen LogP contribution in [0.3, 0.4) is 0 Å². The van der Waals surface area contributed by atoms with E-state index in [0.717, 1.165) is 0 Å². The van der Waals surface area contributed by atoms with Crippen molar-refractivity contribution in [3.8, 4) is 0 Å². The van der Waals surface area contributed by atoms with E-state index in [4.69, 9.17) is 4.52 Å². The van der Waals surface area contributed by atoms with E-state index in [-0.39, 0.29) is 23.4 Å². The first-order valence-electron chi connectivity index (χ1n) is 7.98. The van der Waals surface area contributed by atoms with E-state index >= 15 is 0 Å². The number of likely N-dealkylation sites (N-methyl/N-ethyl adjacent to an activating group) is 1. The lowest BCUT2D eigenvalue weighted by Gasteiger charge is -2.25. The zero-order valence-electron chi connectivity index (χ0n) is 16.0. The molecule has 1 amide bonds. The highest BCUT2D eigenvalue weighted by Gasteiger charge is 2.22. The molecule has 0 radical (unpaired) electrons. The zero-order valence-corrected chi connectivity index (χ0v) is 16.0. The van der Waals surface area contributed by atoms with Crippen molar-refractivity contribution in [3.63, 3.8) is 0 Å². The van der Waals surface area contributed by atoms with E-state index in [1.165, 1.54) is 0 Å². The Kier molecular flexibility index (Phi) is 6.34. The molecule has 8 nitrogen and oxygen atoms in total. The normalized spacial score (nSPS) is 12.9. The Balaban J connectivity index is 2.58. The first kappa shape index (κ1) is 19.9. The maximum atomic E-state index is 12.0. The van der Waals surface area contributed by atoms with E-state index in [9.17, 15) is 4.79 Å². The lowest BCUT2D eigenvalue weighted by molar-refractivity contribution is -0.122. The molecular weight excluding hydrogens is 308 g/mol. The molecule has 1 aromatic rings. The summed E-state index contributed by atoms with van der Waals surface area (Å²) in [4.78, 5) is 22.3. The molecule has 0 aliphatic heterocycles. The maximum Gasteiger partial charge on any atom is 0.240 e. The Morgan fingerprint density at radius 2 is 1.88 bits per heavy atom. The number of aliphatic imine (C=N–C) groups is 1. The van der Waals surface area contributed by atoms with E-state index in [0.29, 0.717) is 24.2 Å². The Morgan fingerprint density at radius 1 is 1.25 bits per heavy atom. The molecule has 8 heteroatoms. The van der Waals surface area contributed by atoms with Gasteiger partial charge in [0.05, 0.1) is 13.1 Å². The summed E-state index contributed by atoms with van der Waals surface area (Å²) < 4.78 is 5.26. The molecule has 24 heavy (non-hydrogen) atoms. The molecule has 1 rings (SSSR count). The van der Waals surface area contributed by atoms with Gasteiger partial charge in [0.25, 0.3) is 0 Å². The van der Waals surface area contributed by atoms with Gasteiger partial charge in [0, 0.05) is 25.0 Å². The Hall–Kier alpha value is -2.12. The number of hydrogen-bond donors (Lipinski definition) is 2. The SMILES string of the molecule is CN=C(NCc1noc(C(C)(C)C)n1)N(C)CC(=O)NC(C)(C)C. The lowest BCUT2D eigenvalue weighted by atomic mass is 9.97. The van der Waals surface area contributed by atoms with Crippen LogP contribution in [-0.2, 0) is 16.8 Å². The average molecular weight is 338 g/mol. The molecule has 0 bridgehead atoms. The smallest absolute Gasteiger partial charge is 0.240 e. The molecule has 136 valence electrons. The molecule has 0 saturated carbocycles. The minimum absolute atomic E-state index is 0.0671. The molecule has 1 heterocycles. The van der Waals surface area contributed by atoms with Gasteiger partial charge in [0.15, 0.2) is 11.8 Å². The van der Waals surface area contributed by atoms with Crippen LogP contribution in [-0.4, -0.2) is 53.1 Å². The fraction of sp³-hybridized carbons (Fsp3) is 0.750. The number of aromatic nitrogens is 2. The lowest BCUT2D eigenvalue weighted by Crippen LogP contribution is -2.48. The second kappa shape index (κ2) is 7.63. The highest BCUT2D eigenvalue weighted by Crippen LogP contribution is 2.19. The van der Waals surface area contributed by atoms with Gasteiger partial charge in [-0.2, -0.15) is 4.98 Å². The minimum atomic E-state index is -0.261. The summed E-state index contributed by atoms with van der Waals surface area (Å²) in [5.74, 6) is 1.66. The third-order valence-electron chi connectivity index (χ3n) is 2.98. The first-order valence-corrected chi connectivity index (χ1v) is 7.98. The summed E-state index contributed by atoms with van der Waals surface area (Å²) in [6, 6.07) is 0. The Morgan fingerprint density at radius 3 is 2.33 bits per heavy atom. The van der Waals surface area contributed by atoms with E-state index in [1.54, 1.807) is 19.0 Å². The first-order chi connectivity index (χ1) is 10.9. The van der Waals surface area contributed by atoms with Crippen LogP contribution in [0, 0.1) is 0 Å². The van der Waals surface area contributed by atoms with Gasteiger partial charge in [-0.1, -0.05) is 25.9 Å². The van der Waals surface area contributed by atoms with Gasteiger partial charge in [-0.3, -0.25) is 9.79 Å².